The van der Waals surface area contributed by atoms with E-state index in [1.165, 1.54) is 11.8 Å². The lowest BCUT2D eigenvalue weighted by molar-refractivity contribution is -0.144. The van der Waals surface area contributed by atoms with E-state index < -0.39 is 0 Å². The summed E-state index contributed by atoms with van der Waals surface area (Å²) < 4.78 is 10.4. The number of thioether (sulfide) groups is 1. The van der Waals surface area contributed by atoms with Gasteiger partial charge in [-0.15, -0.1) is 11.8 Å². The van der Waals surface area contributed by atoms with Crippen molar-refractivity contribution in [2.45, 2.75) is 31.8 Å². The van der Waals surface area contributed by atoms with Crippen LogP contribution in [0.15, 0.2) is 23.1 Å². The standard InChI is InChI=1S/C13H19NO3S/c1-4-16-10-5-6-11(14)12(7-10)18-8-13(15)17-9(2)3/h5-7,9H,4,8,14H2,1-3H3. The van der Waals surface area contributed by atoms with Gasteiger partial charge in [-0.1, -0.05) is 0 Å². The molecule has 1 aromatic carbocycles. The van der Waals surface area contributed by atoms with Crippen molar-refractivity contribution < 1.29 is 14.3 Å². The molecule has 0 aliphatic carbocycles. The maximum atomic E-state index is 11.4. The number of nitrogen functional groups attached to an aromatic ring is 1. The van der Waals surface area contributed by atoms with E-state index in [1.54, 1.807) is 6.07 Å². The molecule has 0 aliphatic heterocycles. The van der Waals surface area contributed by atoms with E-state index in [9.17, 15) is 4.79 Å². The van der Waals surface area contributed by atoms with E-state index >= 15 is 0 Å². The maximum Gasteiger partial charge on any atom is 0.316 e. The number of anilines is 1. The van der Waals surface area contributed by atoms with Crippen LogP contribution in [0.3, 0.4) is 0 Å². The molecule has 1 aromatic rings. The van der Waals surface area contributed by atoms with Gasteiger partial charge in [0.05, 0.1) is 18.5 Å². The largest absolute Gasteiger partial charge is 0.494 e. The minimum Gasteiger partial charge on any atom is -0.494 e. The van der Waals surface area contributed by atoms with Gasteiger partial charge >= 0.3 is 5.97 Å². The lowest BCUT2D eigenvalue weighted by Crippen LogP contribution is -2.13. The fraction of sp³-hybridized carbons (Fsp3) is 0.462. The molecule has 5 heteroatoms. The van der Waals surface area contributed by atoms with Gasteiger partial charge in [-0.05, 0) is 39.0 Å². The quantitative estimate of drug-likeness (QED) is 0.489. The molecule has 0 heterocycles. The molecule has 0 atom stereocenters. The van der Waals surface area contributed by atoms with E-state index in [0.717, 1.165) is 10.6 Å². The third kappa shape index (κ3) is 4.87. The summed E-state index contributed by atoms with van der Waals surface area (Å²) in [5.41, 5.74) is 6.48. The van der Waals surface area contributed by atoms with E-state index in [-0.39, 0.29) is 17.8 Å². The molecule has 0 unspecified atom stereocenters. The molecule has 100 valence electrons. The van der Waals surface area contributed by atoms with Crippen LogP contribution in [0.25, 0.3) is 0 Å². The smallest absolute Gasteiger partial charge is 0.316 e. The molecular weight excluding hydrogens is 250 g/mol. The van der Waals surface area contributed by atoms with Crippen molar-refractivity contribution >= 4 is 23.4 Å². The SMILES string of the molecule is CCOc1ccc(N)c(SCC(=O)OC(C)C)c1. The first-order valence-corrected chi connectivity index (χ1v) is 6.86. The zero-order valence-corrected chi connectivity index (χ0v) is 11.8. The van der Waals surface area contributed by atoms with Crippen LogP contribution in [0.4, 0.5) is 5.69 Å². The summed E-state index contributed by atoms with van der Waals surface area (Å²) in [5.74, 6) is 0.764. The van der Waals surface area contributed by atoms with Gasteiger partial charge in [-0.25, -0.2) is 0 Å². The Kier molecular flexibility index (Phi) is 5.85. The summed E-state index contributed by atoms with van der Waals surface area (Å²) >= 11 is 1.36. The molecule has 0 aromatic heterocycles. The molecule has 0 spiro atoms. The monoisotopic (exact) mass is 269 g/mol. The van der Waals surface area contributed by atoms with Crippen LogP contribution in [-0.4, -0.2) is 24.4 Å². The predicted molar refractivity (Wildman–Crippen MR) is 74.0 cm³/mol. The summed E-state index contributed by atoms with van der Waals surface area (Å²) in [5, 5.41) is 0. The Bertz CT molecular complexity index is 407. The Balaban J connectivity index is 2.60. The summed E-state index contributed by atoms with van der Waals surface area (Å²) in [6.45, 7) is 6.17. The Morgan fingerprint density at radius 3 is 2.78 bits per heavy atom. The lowest BCUT2D eigenvalue weighted by atomic mass is 10.3. The summed E-state index contributed by atoms with van der Waals surface area (Å²) in [6, 6.07) is 5.43. The average Bonchev–Trinajstić information content (AvgIpc) is 2.29. The van der Waals surface area contributed by atoms with Crippen LogP contribution in [0.5, 0.6) is 5.75 Å². The number of hydrogen-bond donors (Lipinski definition) is 1. The van der Waals surface area contributed by atoms with Gasteiger partial charge in [-0.3, -0.25) is 4.79 Å². The molecule has 1 rings (SSSR count). The highest BCUT2D eigenvalue weighted by Crippen LogP contribution is 2.29. The van der Waals surface area contributed by atoms with E-state index in [0.29, 0.717) is 12.3 Å². The fourth-order valence-corrected chi connectivity index (χ4v) is 2.11. The summed E-state index contributed by atoms with van der Waals surface area (Å²) in [7, 11) is 0. The van der Waals surface area contributed by atoms with Gasteiger partial charge in [0.25, 0.3) is 0 Å². The molecule has 4 nitrogen and oxygen atoms in total. The number of carbonyl (C=O) groups excluding carboxylic acids is 1. The van der Waals surface area contributed by atoms with Gasteiger partial charge in [0.1, 0.15) is 5.75 Å². The van der Waals surface area contributed by atoms with Crippen LogP contribution in [0.1, 0.15) is 20.8 Å². The summed E-state index contributed by atoms with van der Waals surface area (Å²) in [4.78, 5) is 12.3. The molecule has 0 fully saturated rings. The number of rotatable bonds is 6. The van der Waals surface area contributed by atoms with Crippen LogP contribution >= 0.6 is 11.8 Å². The average molecular weight is 269 g/mol. The Hall–Kier alpha value is -1.36. The number of hydrogen-bond acceptors (Lipinski definition) is 5. The van der Waals surface area contributed by atoms with Crippen molar-refractivity contribution in [3.8, 4) is 5.75 Å². The second kappa shape index (κ2) is 7.16. The highest BCUT2D eigenvalue weighted by atomic mass is 32.2. The van der Waals surface area contributed by atoms with Gasteiger partial charge in [-0.2, -0.15) is 0 Å². The first-order chi connectivity index (χ1) is 8.52. The second-order valence-corrected chi connectivity index (χ2v) is 4.98. The van der Waals surface area contributed by atoms with Crippen molar-refractivity contribution in [3.63, 3.8) is 0 Å². The first kappa shape index (κ1) is 14.7. The van der Waals surface area contributed by atoms with Crippen molar-refractivity contribution in [1.82, 2.24) is 0 Å². The molecule has 18 heavy (non-hydrogen) atoms. The zero-order chi connectivity index (χ0) is 13.5. The molecule has 0 radical (unpaired) electrons. The normalized spacial score (nSPS) is 10.4. The van der Waals surface area contributed by atoms with Gasteiger partial charge in [0.15, 0.2) is 0 Å². The number of benzene rings is 1. The van der Waals surface area contributed by atoms with Crippen LogP contribution < -0.4 is 10.5 Å². The predicted octanol–water partition coefficient (Wildman–Crippen LogP) is 2.71. The summed E-state index contributed by atoms with van der Waals surface area (Å²) in [6.07, 6.45) is -0.0924. The molecule has 0 bridgehead atoms. The van der Waals surface area contributed by atoms with Crippen LogP contribution in [-0.2, 0) is 9.53 Å². The molecular formula is C13H19NO3S. The Morgan fingerprint density at radius 2 is 2.17 bits per heavy atom. The third-order valence-electron chi connectivity index (χ3n) is 2.01. The number of nitrogens with two attached hydrogens (primary N) is 1. The number of ether oxygens (including phenoxy) is 2. The number of esters is 1. The minimum absolute atomic E-state index is 0.0924. The molecule has 0 aliphatic rings. The van der Waals surface area contributed by atoms with E-state index in [2.05, 4.69) is 0 Å². The zero-order valence-electron chi connectivity index (χ0n) is 10.9. The Morgan fingerprint density at radius 1 is 1.44 bits per heavy atom. The van der Waals surface area contributed by atoms with Crippen LogP contribution in [0, 0.1) is 0 Å². The molecule has 0 amide bonds. The molecule has 0 saturated heterocycles. The van der Waals surface area contributed by atoms with E-state index in [4.69, 9.17) is 15.2 Å². The fourth-order valence-electron chi connectivity index (χ4n) is 1.33. The lowest BCUT2D eigenvalue weighted by Gasteiger charge is -2.10. The second-order valence-electron chi connectivity index (χ2n) is 3.96. The Labute approximate surface area is 112 Å². The van der Waals surface area contributed by atoms with Crippen molar-refractivity contribution in [3.05, 3.63) is 18.2 Å². The van der Waals surface area contributed by atoms with Crippen molar-refractivity contribution in [2.75, 3.05) is 18.1 Å². The topological polar surface area (TPSA) is 61.5 Å². The van der Waals surface area contributed by atoms with Gasteiger partial charge in [0.2, 0.25) is 0 Å². The van der Waals surface area contributed by atoms with Crippen molar-refractivity contribution in [2.24, 2.45) is 0 Å². The van der Waals surface area contributed by atoms with E-state index in [1.807, 2.05) is 32.9 Å². The first-order valence-electron chi connectivity index (χ1n) is 5.87. The highest BCUT2D eigenvalue weighted by Gasteiger charge is 2.09. The third-order valence-corrected chi connectivity index (χ3v) is 3.05. The van der Waals surface area contributed by atoms with Crippen LogP contribution in [0.2, 0.25) is 0 Å². The van der Waals surface area contributed by atoms with Crippen molar-refractivity contribution in [1.29, 1.82) is 0 Å². The van der Waals surface area contributed by atoms with Gasteiger partial charge < -0.3 is 15.2 Å². The minimum atomic E-state index is -0.240. The highest BCUT2D eigenvalue weighted by molar-refractivity contribution is 8.00. The number of carbonyl (C=O) groups is 1. The maximum absolute atomic E-state index is 11.4. The molecule has 2 N–H and O–H groups in total. The van der Waals surface area contributed by atoms with Gasteiger partial charge in [0, 0.05) is 10.6 Å². The molecule has 0 saturated carbocycles.